The smallest absolute Gasteiger partial charge is 0.254 e. The van der Waals surface area contributed by atoms with Crippen LogP contribution in [0, 0.1) is 5.92 Å². The molecule has 0 aromatic heterocycles. The van der Waals surface area contributed by atoms with Crippen molar-refractivity contribution >= 4 is 5.84 Å². The van der Waals surface area contributed by atoms with Gasteiger partial charge in [0.05, 0.1) is 5.92 Å². The molecular weight excluding hydrogens is 204 g/mol. The predicted octanol–water partition coefficient (Wildman–Crippen LogP) is 0.334. The fraction of sp³-hybridized carbons (Fsp3) is 0.917. The van der Waals surface area contributed by atoms with Crippen LogP contribution in [0.4, 0.5) is 0 Å². The monoisotopic (exact) mass is 225 g/mol. The summed E-state index contributed by atoms with van der Waals surface area (Å²) in [5.41, 5.74) is -1.43. The van der Waals surface area contributed by atoms with Crippen LogP contribution < -0.4 is 0 Å². The maximum Gasteiger partial charge on any atom is 0.254 e. The molecule has 0 spiro atoms. The average Bonchev–Trinajstić information content (AvgIpc) is 2.62. The minimum absolute atomic E-state index is 0.544. The molecule has 2 N–H and O–H groups in total. The van der Waals surface area contributed by atoms with Gasteiger partial charge < -0.3 is 10.2 Å². The van der Waals surface area contributed by atoms with Gasteiger partial charge >= 0.3 is 0 Å². The van der Waals surface area contributed by atoms with Crippen molar-refractivity contribution in [1.29, 1.82) is 0 Å². The molecule has 3 heterocycles. The first-order chi connectivity index (χ1) is 7.42. The highest BCUT2D eigenvalue weighted by Gasteiger charge is 2.55. The Morgan fingerprint density at radius 3 is 2.69 bits per heavy atom. The van der Waals surface area contributed by atoms with Crippen LogP contribution in [-0.4, -0.2) is 50.1 Å². The number of amidine groups is 1. The van der Waals surface area contributed by atoms with E-state index in [0.29, 0.717) is 5.92 Å². The van der Waals surface area contributed by atoms with E-state index in [4.69, 9.17) is 0 Å². The predicted molar refractivity (Wildman–Crippen MR) is 60.0 cm³/mol. The maximum absolute atomic E-state index is 10.4. The van der Waals surface area contributed by atoms with E-state index in [1.165, 1.54) is 5.84 Å². The summed E-state index contributed by atoms with van der Waals surface area (Å²) in [4.78, 5) is 2.11. The second kappa shape index (κ2) is 2.99. The molecule has 0 aromatic carbocycles. The Labute approximate surface area is 96.2 Å². The van der Waals surface area contributed by atoms with Gasteiger partial charge in [0, 0.05) is 26.7 Å². The van der Waals surface area contributed by atoms with Crippen molar-refractivity contribution in [2.45, 2.75) is 51.0 Å². The highest BCUT2D eigenvalue weighted by Crippen LogP contribution is 2.40. The number of piperidine rings is 1. The molecule has 3 rings (SSSR count). The molecule has 90 valence electrons. The molecule has 3 aliphatic rings. The van der Waals surface area contributed by atoms with Crippen molar-refractivity contribution in [3.8, 4) is 0 Å². The molecule has 3 aliphatic heterocycles. The number of hydrogen-bond acceptors (Lipinski definition) is 3. The van der Waals surface area contributed by atoms with E-state index in [2.05, 4.69) is 9.48 Å². The SMILES string of the molecule is C[C@]1(O)CCC2CC[C@@](C)(O)N3CC[N+]1=C23. The fourth-order valence-corrected chi connectivity index (χ4v) is 3.56. The van der Waals surface area contributed by atoms with Crippen LogP contribution in [-0.2, 0) is 0 Å². The molecule has 0 radical (unpaired) electrons. The molecule has 0 saturated carbocycles. The van der Waals surface area contributed by atoms with Crippen LogP contribution in [0.2, 0.25) is 0 Å². The largest absolute Gasteiger partial charge is 0.353 e. The lowest BCUT2D eigenvalue weighted by atomic mass is 9.83. The number of nitrogens with zero attached hydrogens (tertiary/aromatic N) is 2. The lowest BCUT2D eigenvalue weighted by Crippen LogP contribution is -2.58. The van der Waals surface area contributed by atoms with Gasteiger partial charge in [-0.05, 0) is 12.8 Å². The lowest BCUT2D eigenvalue weighted by molar-refractivity contribution is -0.654. The third-order valence-electron chi connectivity index (χ3n) is 4.56. The van der Waals surface area contributed by atoms with Crippen LogP contribution in [0.15, 0.2) is 0 Å². The summed E-state index contributed by atoms with van der Waals surface area (Å²) < 4.78 is 2.11. The van der Waals surface area contributed by atoms with Crippen LogP contribution >= 0.6 is 0 Å². The fourth-order valence-electron chi connectivity index (χ4n) is 3.56. The molecule has 0 amide bonds. The Bertz CT molecular complexity index is 360. The highest BCUT2D eigenvalue weighted by atomic mass is 16.3. The Kier molecular flexibility index (Phi) is 1.97. The molecule has 0 aromatic rings. The van der Waals surface area contributed by atoms with Crippen molar-refractivity contribution in [1.82, 2.24) is 4.90 Å². The quantitative estimate of drug-likeness (QED) is 0.584. The van der Waals surface area contributed by atoms with Gasteiger partial charge in [-0.2, -0.15) is 0 Å². The minimum atomic E-state index is -0.714. The summed E-state index contributed by atoms with van der Waals surface area (Å²) in [6, 6.07) is 0. The normalized spacial score (nSPS) is 47.2. The van der Waals surface area contributed by atoms with Crippen molar-refractivity contribution in [2.24, 2.45) is 5.92 Å². The van der Waals surface area contributed by atoms with E-state index in [0.717, 1.165) is 38.8 Å². The van der Waals surface area contributed by atoms with Gasteiger partial charge in [0.1, 0.15) is 13.1 Å². The standard InChI is InChI=1S/C12H21N2O2/c1-11(15)5-3-9-4-6-12(2,16)14-8-7-13(11)10(9)14/h9,15-16H,3-8H2,1-2H3/q+1/t9?,11-,12+. The zero-order chi connectivity index (χ0) is 11.6. The zero-order valence-electron chi connectivity index (χ0n) is 10.1. The summed E-state index contributed by atoms with van der Waals surface area (Å²) in [5.74, 6) is 1.73. The van der Waals surface area contributed by atoms with E-state index in [1.807, 2.05) is 13.8 Å². The summed E-state index contributed by atoms with van der Waals surface area (Å²) in [5, 5.41) is 20.7. The topological polar surface area (TPSA) is 46.7 Å². The van der Waals surface area contributed by atoms with Crippen molar-refractivity contribution in [3.05, 3.63) is 0 Å². The van der Waals surface area contributed by atoms with Crippen LogP contribution in [0.25, 0.3) is 0 Å². The first-order valence-corrected chi connectivity index (χ1v) is 6.29. The zero-order valence-corrected chi connectivity index (χ0v) is 10.1. The van der Waals surface area contributed by atoms with E-state index in [-0.39, 0.29) is 0 Å². The van der Waals surface area contributed by atoms with Gasteiger partial charge in [0.15, 0.2) is 0 Å². The summed E-state index contributed by atoms with van der Waals surface area (Å²) in [6.45, 7) is 5.47. The van der Waals surface area contributed by atoms with Crippen molar-refractivity contribution < 1.29 is 14.8 Å². The van der Waals surface area contributed by atoms with E-state index < -0.39 is 11.4 Å². The molecule has 0 aliphatic carbocycles. The number of rotatable bonds is 0. The van der Waals surface area contributed by atoms with Crippen molar-refractivity contribution in [3.63, 3.8) is 0 Å². The van der Waals surface area contributed by atoms with Gasteiger partial charge in [-0.25, -0.2) is 9.48 Å². The molecule has 1 fully saturated rings. The number of hydrogen-bond donors (Lipinski definition) is 2. The first kappa shape index (κ1) is 10.5. The minimum Gasteiger partial charge on any atom is -0.353 e. The third-order valence-corrected chi connectivity index (χ3v) is 4.56. The van der Waals surface area contributed by atoms with Crippen LogP contribution in [0.5, 0.6) is 0 Å². The summed E-state index contributed by atoms with van der Waals surface area (Å²) >= 11 is 0. The second-order valence-electron chi connectivity index (χ2n) is 5.87. The van der Waals surface area contributed by atoms with E-state index in [1.54, 1.807) is 0 Å². The average molecular weight is 225 g/mol. The Hall–Kier alpha value is -0.610. The Balaban J connectivity index is 2.07. The number of aliphatic hydroxyl groups is 2. The molecule has 0 bridgehead atoms. The van der Waals surface area contributed by atoms with Crippen LogP contribution in [0.1, 0.15) is 39.5 Å². The second-order valence-corrected chi connectivity index (χ2v) is 5.87. The van der Waals surface area contributed by atoms with E-state index in [9.17, 15) is 10.2 Å². The Morgan fingerprint density at radius 1 is 1.25 bits per heavy atom. The van der Waals surface area contributed by atoms with Gasteiger partial charge in [-0.3, -0.25) is 0 Å². The van der Waals surface area contributed by atoms with Crippen molar-refractivity contribution in [2.75, 3.05) is 13.1 Å². The van der Waals surface area contributed by atoms with Gasteiger partial charge in [0.25, 0.3) is 5.84 Å². The molecule has 4 nitrogen and oxygen atoms in total. The lowest BCUT2D eigenvalue weighted by Gasteiger charge is -2.41. The maximum atomic E-state index is 10.4. The molecule has 16 heavy (non-hydrogen) atoms. The van der Waals surface area contributed by atoms with E-state index >= 15 is 0 Å². The summed E-state index contributed by atoms with van der Waals surface area (Å²) in [6.07, 6.45) is 3.78. The van der Waals surface area contributed by atoms with Crippen LogP contribution in [0.3, 0.4) is 0 Å². The van der Waals surface area contributed by atoms with Gasteiger partial charge in [-0.15, -0.1) is 0 Å². The van der Waals surface area contributed by atoms with Gasteiger partial charge in [-0.1, -0.05) is 0 Å². The summed E-state index contributed by atoms with van der Waals surface area (Å²) in [7, 11) is 0. The molecule has 1 saturated heterocycles. The first-order valence-electron chi connectivity index (χ1n) is 6.29. The molecule has 1 unspecified atom stereocenters. The third kappa shape index (κ3) is 1.26. The van der Waals surface area contributed by atoms with Gasteiger partial charge in [0.2, 0.25) is 11.4 Å². The molecular formula is C12H21N2O2+. The molecule has 3 atom stereocenters. The highest BCUT2D eigenvalue weighted by molar-refractivity contribution is 5.83. The Morgan fingerprint density at radius 2 is 1.94 bits per heavy atom. The molecule has 4 heteroatoms.